The van der Waals surface area contributed by atoms with E-state index in [0.29, 0.717) is 0 Å². The fraction of sp³-hybridized carbons (Fsp3) is 0.125. The summed E-state index contributed by atoms with van der Waals surface area (Å²) in [5, 5.41) is 18.1. The van der Waals surface area contributed by atoms with Gasteiger partial charge in [0.1, 0.15) is 0 Å². The smallest absolute Gasteiger partial charge is 0.404 e. The summed E-state index contributed by atoms with van der Waals surface area (Å²) in [5.74, 6) is -0.875. The van der Waals surface area contributed by atoms with Gasteiger partial charge in [-0.05, 0) is 12.1 Å². The molecule has 1 aromatic rings. The molecule has 5 heteroatoms. The normalized spacial score (nSPS) is 8.15. The van der Waals surface area contributed by atoms with Crippen LogP contribution >= 0.6 is 0 Å². The summed E-state index contributed by atoms with van der Waals surface area (Å²) in [6.07, 6.45) is -0.995. The lowest BCUT2D eigenvalue weighted by Gasteiger charge is -1.88. The molecule has 1 amide bonds. The van der Waals surface area contributed by atoms with Crippen LogP contribution in [0, 0.1) is 5.82 Å². The first-order valence-corrected chi connectivity index (χ1v) is 3.42. The molecule has 0 heterocycles. The van der Waals surface area contributed by atoms with E-state index in [0.717, 1.165) is 0 Å². The van der Waals surface area contributed by atoms with Crippen molar-refractivity contribution in [2.24, 2.45) is 0 Å². The third-order valence-electron chi connectivity index (χ3n) is 1.07. The topological polar surface area (TPSA) is 69.6 Å². The molecule has 0 saturated heterocycles. The maximum atomic E-state index is 12.1. The Balaban J connectivity index is 0.000000252. The highest BCUT2D eigenvalue weighted by molar-refractivity contribution is 5.63. The van der Waals surface area contributed by atoms with Crippen LogP contribution < -0.4 is 5.32 Å². The molecule has 0 unspecified atom stereocenters. The summed E-state index contributed by atoms with van der Waals surface area (Å²) < 4.78 is 12.1. The van der Waals surface area contributed by atoms with Gasteiger partial charge in [0.25, 0.3) is 0 Å². The highest BCUT2D eigenvalue weighted by atomic mass is 19.1. The van der Waals surface area contributed by atoms with Crippen molar-refractivity contribution in [1.29, 1.82) is 0 Å². The average molecular weight is 187 g/mol. The molecule has 3 N–H and O–H groups in total. The number of aromatic hydroxyl groups is 1. The summed E-state index contributed by atoms with van der Waals surface area (Å²) in [7, 11) is 1.35. The number of amides is 1. The Kier molecular flexibility index (Phi) is 5.02. The second-order valence-electron chi connectivity index (χ2n) is 2.01. The third-order valence-corrected chi connectivity index (χ3v) is 1.07. The van der Waals surface area contributed by atoms with Crippen molar-refractivity contribution in [2.75, 3.05) is 7.05 Å². The lowest BCUT2D eigenvalue weighted by Crippen LogP contribution is -2.13. The Morgan fingerprint density at radius 2 is 1.92 bits per heavy atom. The van der Waals surface area contributed by atoms with Gasteiger partial charge in [0, 0.05) is 7.05 Å². The predicted octanol–water partition coefficient (Wildman–Crippen LogP) is 1.42. The Labute approximate surface area is 74.6 Å². The van der Waals surface area contributed by atoms with E-state index in [4.69, 9.17) is 10.2 Å². The Morgan fingerprint density at radius 3 is 2.15 bits per heavy atom. The summed E-state index contributed by atoms with van der Waals surface area (Å²) in [4.78, 5) is 9.26. The van der Waals surface area contributed by atoms with Gasteiger partial charge >= 0.3 is 6.09 Å². The third kappa shape index (κ3) is 5.49. The zero-order valence-corrected chi connectivity index (χ0v) is 6.99. The highest BCUT2D eigenvalue weighted by Gasteiger charge is 1.92. The Hall–Kier alpha value is -1.78. The number of phenols is 1. The van der Waals surface area contributed by atoms with E-state index in [1.54, 1.807) is 6.07 Å². The number of halogens is 1. The van der Waals surface area contributed by atoms with E-state index in [2.05, 4.69) is 0 Å². The van der Waals surface area contributed by atoms with Crippen LogP contribution in [0.3, 0.4) is 0 Å². The summed E-state index contributed by atoms with van der Waals surface area (Å²) in [5.41, 5.74) is 0. The number of carboxylic acid groups (broad SMARTS) is 1. The molecular weight excluding hydrogens is 177 g/mol. The number of rotatable bonds is 0. The van der Waals surface area contributed by atoms with Crippen LogP contribution in [0.4, 0.5) is 9.18 Å². The fourth-order valence-electron chi connectivity index (χ4n) is 0.452. The van der Waals surface area contributed by atoms with Gasteiger partial charge in [-0.2, -0.15) is 0 Å². The van der Waals surface area contributed by atoms with E-state index in [1.807, 2.05) is 5.32 Å². The molecule has 0 spiro atoms. The van der Waals surface area contributed by atoms with Gasteiger partial charge < -0.3 is 15.5 Å². The standard InChI is InChI=1S/C6H5FO.C2H5NO2/c7-5-3-1-2-4-6(5)8;1-3-2(4)5/h1-4,8H;3H,1H3,(H,4,5). The van der Waals surface area contributed by atoms with Crippen molar-refractivity contribution in [2.45, 2.75) is 0 Å². The summed E-state index contributed by atoms with van der Waals surface area (Å²) in [6.45, 7) is 0. The number of para-hydroxylation sites is 1. The molecule has 0 atom stereocenters. The van der Waals surface area contributed by atoms with Crippen molar-refractivity contribution in [1.82, 2.24) is 5.32 Å². The van der Waals surface area contributed by atoms with Gasteiger partial charge in [-0.15, -0.1) is 0 Å². The van der Waals surface area contributed by atoms with Crippen molar-refractivity contribution >= 4 is 6.09 Å². The van der Waals surface area contributed by atoms with Crippen LogP contribution in [0.25, 0.3) is 0 Å². The first kappa shape index (κ1) is 11.2. The largest absolute Gasteiger partial charge is 0.505 e. The molecule has 0 radical (unpaired) electrons. The van der Waals surface area contributed by atoms with Gasteiger partial charge in [0.2, 0.25) is 0 Å². The molecule has 1 rings (SSSR count). The maximum absolute atomic E-state index is 12.1. The molecule has 0 fully saturated rings. The van der Waals surface area contributed by atoms with Crippen LogP contribution in [0.2, 0.25) is 0 Å². The lowest BCUT2D eigenvalue weighted by atomic mass is 10.3. The quantitative estimate of drug-likeness (QED) is 0.575. The molecule has 0 aliphatic rings. The SMILES string of the molecule is CNC(=O)O.Oc1ccccc1F. The first-order valence-electron chi connectivity index (χ1n) is 3.42. The summed E-state index contributed by atoms with van der Waals surface area (Å²) in [6, 6.07) is 5.60. The van der Waals surface area contributed by atoms with E-state index >= 15 is 0 Å². The molecule has 1 aromatic carbocycles. The number of hydrogen-bond donors (Lipinski definition) is 3. The Bertz CT molecular complexity index is 257. The van der Waals surface area contributed by atoms with Crippen LogP contribution in [0.1, 0.15) is 0 Å². The molecule has 0 bridgehead atoms. The number of nitrogens with one attached hydrogen (secondary N) is 1. The second kappa shape index (κ2) is 5.82. The van der Waals surface area contributed by atoms with E-state index < -0.39 is 11.9 Å². The second-order valence-corrected chi connectivity index (χ2v) is 2.01. The monoisotopic (exact) mass is 187 g/mol. The number of hydrogen-bond acceptors (Lipinski definition) is 2. The van der Waals surface area contributed by atoms with Gasteiger partial charge in [0.15, 0.2) is 11.6 Å². The molecule has 72 valence electrons. The maximum Gasteiger partial charge on any atom is 0.404 e. The van der Waals surface area contributed by atoms with Crippen molar-refractivity contribution in [3.8, 4) is 5.75 Å². The summed E-state index contributed by atoms with van der Waals surface area (Å²) >= 11 is 0. The minimum Gasteiger partial charge on any atom is -0.505 e. The molecule has 0 saturated carbocycles. The van der Waals surface area contributed by atoms with Crippen LogP contribution in [-0.4, -0.2) is 23.4 Å². The molecular formula is C8H10FNO3. The van der Waals surface area contributed by atoms with E-state index in [9.17, 15) is 9.18 Å². The number of phenolic OH excluding ortho intramolecular Hbond substituents is 1. The minimum absolute atomic E-state index is 0.299. The van der Waals surface area contributed by atoms with Gasteiger partial charge in [-0.1, -0.05) is 12.1 Å². The van der Waals surface area contributed by atoms with Crippen LogP contribution in [0.5, 0.6) is 5.75 Å². The molecule has 0 aliphatic carbocycles. The molecule has 0 aliphatic heterocycles. The molecule has 0 aromatic heterocycles. The Morgan fingerprint density at radius 1 is 1.46 bits per heavy atom. The average Bonchev–Trinajstić information content (AvgIpc) is 2.11. The van der Waals surface area contributed by atoms with Crippen molar-refractivity contribution in [3.63, 3.8) is 0 Å². The first-order chi connectivity index (χ1) is 6.07. The number of carbonyl (C=O) groups is 1. The van der Waals surface area contributed by atoms with Crippen LogP contribution in [-0.2, 0) is 0 Å². The fourth-order valence-corrected chi connectivity index (χ4v) is 0.452. The van der Waals surface area contributed by atoms with Crippen LogP contribution in [0.15, 0.2) is 24.3 Å². The zero-order valence-electron chi connectivity index (χ0n) is 6.99. The minimum atomic E-state index is -0.995. The van der Waals surface area contributed by atoms with Gasteiger partial charge in [-0.3, -0.25) is 0 Å². The molecule has 13 heavy (non-hydrogen) atoms. The predicted molar refractivity (Wildman–Crippen MR) is 45.1 cm³/mol. The van der Waals surface area contributed by atoms with Gasteiger partial charge in [0.05, 0.1) is 0 Å². The van der Waals surface area contributed by atoms with E-state index in [-0.39, 0.29) is 5.75 Å². The van der Waals surface area contributed by atoms with E-state index in [1.165, 1.54) is 25.2 Å². The number of benzene rings is 1. The highest BCUT2D eigenvalue weighted by Crippen LogP contribution is 2.11. The van der Waals surface area contributed by atoms with Crippen molar-refractivity contribution < 1.29 is 19.4 Å². The van der Waals surface area contributed by atoms with Gasteiger partial charge in [-0.25, -0.2) is 9.18 Å². The zero-order chi connectivity index (χ0) is 10.3. The lowest BCUT2D eigenvalue weighted by molar-refractivity contribution is 0.197. The van der Waals surface area contributed by atoms with Crippen molar-refractivity contribution in [3.05, 3.63) is 30.1 Å². The molecule has 4 nitrogen and oxygen atoms in total.